The minimum Gasteiger partial charge on any atom is -0.381 e. The highest BCUT2D eigenvalue weighted by atomic mass is 16.1. The van der Waals surface area contributed by atoms with Crippen LogP contribution < -0.4 is 10.6 Å². The van der Waals surface area contributed by atoms with E-state index in [1.54, 1.807) is 7.05 Å². The Morgan fingerprint density at radius 2 is 2.16 bits per heavy atom. The molecule has 4 heteroatoms. The first-order valence-corrected chi connectivity index (χ1v) is 6.81. The summed E-state index contributed by atoms with van der Waals surface area (Å²) in [6.45, 7) is 5.29. The first-order chi connectivity index (χ1) is 9.02. The number of amides is 1. The number of hydrogen-bond acceptors (Lipinski definition) is 3. The van der Waals surface area contributed by atoms with Gasteiger partial charge in [0.05, 0.1) is 0 Å². The van der Waals surface area contributed by atoms with Crippen LogP contribution in [0, 0.1) is 6.92 Å². The molecular formula is C15H23N3O. The Labute approximate surface area is 115 Å². The summed E-state index contributed by atoms with van der Waals surface area (Å²) in [5, 5.41) is 6.25. The zero-order valence-electron chi connectivity index (χ0n) is 12.2. The highest BCUT2D eigenvalue weighted by molar-refractivity contribution is 5.96. The number of likely N-dealkylation sites (N-methyl/N-ethyl adjacent to an activating group) is 1. The van der Waals surface area contributed by atoms with E-state index in [2.05, 4.69) is 29.5 Å². The van der Waals surface area contributed by atoms with E-state index in [4.69, 9.17) is 0 Å². The predicted molar refractivity (Wildman–Crippen MR) is 78.7 cm³/mol. The van der Waals surface area contributed by atoms with Crippen LogP contribution in [0.15, 0.2) is 18.2 Å². The minimum atomic E-state index is -0.0296. The maximum atomic E-state index is 11.8. The molecule has 1 fully saturated rings. The molecule has 1 aromatic rings. The number of hydrogen-bond donors (Lipinski definition) is 2. The van der Waals surface area contributed by atoms with Crippen LogP contribution in [-0.4, -0.2) is 43.5 Å². The number of anilines is 1. The SMILES string of the molecule is CNC(=O)c1cccc(NC2CC(C)N(C)C2)c1C. The Morgan fingerprint density at radius 3 is 2.74 bits per heavy atom. The summed E-state index contributed by atoms with van der Waals surface area (Å²) in [7, 11) is 3.82. The lowest BCUT2D eigenvalue weighted by molar-refractivity contribution is 0.0962. The number of rotatable bonds is 3. The molecule has 0 bridgehead atoms. The molecule has 0 aromatic heterocycles. The molecule has 1 aliphatic rings. The van der Waals surface area contributed by atoms with Crippen LogP contribution in [0.25, 0.3) is 0 Å². The number of nitrogens with one attached hydrogen (secondary N) is 2. The largest absolute Gasteiger partial charge is 0.381 e. The van der Waals surface area contributed by atoms with E-state index in [1.807, 2.05) is 25.1 Å². The van der Waals surface area contributed by atoms with Crippen LogP contribution in [0.3, 0.4) is 0 Å². The second-order valence-electron chi connectivity index (χ2n) is 5.42. The van der Waals surface area contributed by atoms with Gasteiger partial charge in [0.25, 0.3) is 5.91 Å². The van der Waals surface area contributed by atoms with Crippen LogP contribution in [0.5, 0.6) is 0 Å². The monoisotopic (exact) mass is 261 g/mol. The van der Waals surface area contributed by atoms with Crippen molar-refractivity contribution in [1.29, 1.82) is 0 Å². The second-order valence-corrected chi connectivity index (χ2v) is 5.42. The van der Waals surface area contributed by atoms with Crippen LogP contribution in [0.4, 0.5) is 5.69 Å². The van der Waals surface area contributed by atoms with Gasteiger partial charge in [0.2, 0.25) is 0 Å². The Kier molecular flexibility index (Phi) is 4.10. The highest BCUT2D eigenvalue weighted by Gasteiger charge is 2.26. The van der Waals surface area contributed by atoms with Crippen molar-refractivity contribution in [3.63, 3.8) is 0 Å². The van der Waals surface area contributed by atoms with Gasteiger partial charge in [0, 0.05) is 36.9 Å². The van der Waals surface area contributed by atoms with Gasteiger partial charge in [-0.25, -0.2) is 0 Å². The summed E-state index contributed by atoms with van der Waals surface area (Å²) >= 11 is 0. The van der Waals surface area contributed by atoms with Gasteiger partial charge in [-0.1, -0.05) is 6.07 Å². The zero-order chi connectivity index (χ0) is 14.0. The number of benzene rings is 1. The molecule has 104 valence electrons. The Balaban J connectivity index is 2.15. The molecule has 1 amide bonds. The van der Waals surface area contributed by atoms with E-state index in [9.17, 15) is 4.79 Å². The van der Waals surface area contributed by atoms with Crippen LogP contribution in [-0.2, 0) is 0 Å². The molecule has 2 rings (SSSR count). The van der Waals surface area contributed by atoms with Gasteiger partial charge >= 0.3 is 0 Å². The molecule has 0 saturated carbocycles. The van der Waals surface area contributed by atoms with Crippen molar-refractivity contribution >= 4 is 11.6 Å². The van der Waals surface area contributed by atoms with E-state index in [0.717, 1.165) is 29.8 Å². The fraction of sp³-hybridized carbons (Fsp3) is 0.533. The van der Waals surface area contributed by atoms with Gasteiger partial charge in [-0.2, -0.15) is 0 Å². The number of carbonyl (C=O) groups is 1. The summed E-state index contributed by atoms with van der Waals surface area (Å²) in [6, 6.07) is 6.91. The normalized spacial score (nSPS) is 23.4. The van der Waals surface area contributed by atoms with Gasteiger partial charge in [-0.3, -0.25) is 4.79 Å². The number of likely N-dealkylation sites (tertiary alicyclic amines) is 1. The van der Waals surface area contributed by atoms with E-state index in [1.165, 1.54) is 0 Å². The van der Waals surface area contributed by atoms with E-state index >= 15 is 0 Å². The lowest BCUT2D eigenvalue weighted by Gasteiger charge is -2.17. The quantitative estimate of drug-likeness (QED) is 0.873. The van der Waals surface area contributed by atoms with Crippen molar-refractivity contribution in [3.05, 3.63) is 29.3 Å². The number of nitrogens with zero attached hydrogens (tertiary/aromatic N) is 1. The topological polar surface area (TPSA) is 44.4 Å². The molecule has 1 heterocycles. The second kappa shape index (κ2) is 5.61. The van der Waals surface area contributed by atoms with Gasteiger partial charge in [-0.05, 0) is 45.0 Å². The van der Waals surface area contributed by atoms with Crippen molar-refractivity contribution in [2.75, 3.05) is 26.0 Å². The van der Waals surface area contributed by atoms with Crippen LogP contribution in [0.2, 0.25) is 0 Å². The third kappa shape index (κ3) is 2.89. The molecule has 0 radical (unpaired) electrons. The average molecular weight is 261 g/mol. The third-order valence-corrected chi connectivity index (χ3v) is 4.05. The summed E-state index contributed by atoms with van der Waals surface area (Å²) in [5.74, 6) is -0.0296. The van der Waals surface area contributed by atoms with Crippen molar-refractivity contribution < 1.29 is 4.79 Å². The average Bonchev–Trinajstić information content (AvgIpc) is 2.70. The molecule has 1 saturated heterocycles. The molecule has 2 atom stereocenters. The Hall–Kier alpha value is -1.55. The maximum Gasteiger partial charge on any atom is 0.251 e. The first-order valence-electron chi connectivity index (χ1n) is 6.81. The molecule has 2 unspecified atom stereocenters. The minimum absolute atomic E-state index is 0.0296. The highest BCUT2D eigenvalue weighted by Crippen LogP contribution is 2.24. The van der Waals surface area contributed by atoms with Gasteiger partial charge in [0.15, 0.2) is 0 Å². The number of carbonyl (C=O) groups excluding carboxylic acids is 1. The van der Waals surface area contributed by atoms with Crippen molar-refractivity contribution in [3.8, 4) is 0 Å². The van der Waals surface area contributed by atoms with Crippen molar-refractivity contribution in [2.24, 2.45) is 0 Å². The summed E-state index contributed by atoms with van der Waals surface area (Å²) in [4.78, 5) is 14.1. The lowest BCUT2D eigenvalue weighted by atomic mass is 10.0. The zero-order valence-corrected chi connectivity index (χ0v) is 12.2. The molecule has 19 heavy (non-hydrogen) atoms. The molecule has 0 aliphatic carbocycles. The van der Waals surface area contributed by atoms with E-state index in [0.29, 0.717) is 12.1 Å². The molecule has 2 N–H and O–H groups in total. The molecule has 0 spiro atoms. The fourth-order valence-electron chi connectivity index (χ4n) is 2.69. The third-order valence-electron chi connectivity index (χ3n) is 4.05. The molecule has 1 aliphatic heterocycles. The van der Waals surface area contributed by atoms with Crippen LogP contribution in [0.1, 0.15) is 29.3 Å². The smallest absolute Gasteiger partial charge is 0.251 e. The van der Waals surface area contributed by atoms with Crippen molar-refractivity contribution in [1.82, 2.24) is 10.2 Å². The molecule has 4 nitrogen and oxygen atoms in total. The van der Waals surface area contributed by atoms with Gasteiger partial charge < -0.3 is 15.5 Å². The van der Waals surface area contributed by atoms with Gasteiger partial charge in [0.1, 0.15) is 0 Å². The fourth-order valence-corrected chi connectivity index (χ4v) is 2.69. The molecular weight excluding hydrogens is 238 g/mol. The first kappa shape index (κ1) is 13.9. The van der Waals surface area contributed by atoms with Gasteiger partial charge in [-0.15, -0.1) is 0 Å². The Morgan fingerprint density at radius 1 is 1.42 bits per heavy atom. The standard InChI is InChI=1S/C15H23N3O/c1-10-8-12(9-18(10)4)17-14-7-5-6-13(11(14)2)15(19)16-3/h5-7,10,12,17H,8-9H2,1-4H3,(H,16,19). The Bertz CT molecular complexity index is 462. The molecule has 1 aromatic carbocycles. The summed E-state index contributed by atoms with van der Waals surface area (Å²) in [5.41, 5.74) is 2.82. The van der Waals surface area contributed by atoms with Crippen LogP contribution >= 0.6 is 0 Å². The summed E-state index contributed by atoms with van der Waals surface area (Å²) in [6.07, 6.45) is 1.14. The maximum absolute atomic E-state index is 11.8. The van der Waals surface area contributed by atoms with Crippen molar-refractivity contribution in [2.45, 2.75) is 32.4 Å². The summed E-state index contributed by atoms with van der Waals surface area (Å²) < 4.78 is 0. The predicted octanol–water partition coefficient (Wildman–Crippen LogP) is 1.86. The lowest BCUT2D eigenvalue weighted by Crippen LogP contribution is -2.25. The van der Waals surface area contributed by atoms with E-state index < -0.39 is 0 Å². The van der Waals surface area contributed by atoms with E-state index in [-0.39, 0.29) is 5.91 Å².